The largest absolute Gasteiger partial charge is 0.333 e. The molecular weight excluding hydrogens is 279 g/mol. The number of rotatable bonds is 4. The number of hydrogen-bond acceptors (Lipinski definition) is 2. The minimum atomic E-state index is -0.235. The van der Waals surface area contributed by atoms with Gasteiger partial charge in [-0.25, -0.2) is 4.39 Å². The lowest BCUT2D eigenvalue weighted by molar-refractivity contribution is -0.134. The van der Waals surface area contributed by atoms with Crippen LogP contribution in [0.2, 0.25) is 0 Å². The fraction of sp³-hybridized carbons (Fsp3) is 0.611. The SMILES string of the molecule is O=C(CCC1CCCC1)N1CCNCC1c1cccc(F)c1. The fourth-order valence-electron chi connectivity index (χ4n) is 3.78. The molecule has 1 saturated heterocycles. The number of benzene rings is 1. The molecule has 1 saturated carbocycles. The summed E-state index contributed by atoms with van der Waals surface area (Å²) in [5, 5.41) is 3.32. The second-order valence-electron chi connectivity index (χ2n) is 6.55. The van der Waals surface area contributed by atoms with Crippen LogP contribution in [0.15, 0.2) is 24.3 Å². The molecule has 4 heteroatoms. The first-order chi connectivity index (χ1) is 10.7. The van der Waals surface area contributed by atoms with Crippen LogP contribution in [-0.2, 0) is 4.79 Å². The van der Waals surface area contributed by atoms with Crippen molar-refractivity contribution in [2.45, 2.75) is 44.6 Å². The minimum absolute atomic E-state index is 0.0412. The number of halogens is 1. The quantitative estimate of drug-likeness (QED) is 0.926. The average Bonchev–Trinajstić information content (AvgIpc) is 3.06. The van der Waals surface area contributed by atoms with E-state index in [0.29, 0.717) is 19.5 Å². The van der Waals surface area contributed by atoms with E-state index in [1.165, 1.54) is 31.7 Å². The molecule has 1 aliphatic heterocycles. The van der Waals surface area contributed by atoms with Crippen LogP contribution in [0.4, 0.5) is 4.39 Å². The van der Waals surface area contributed by atoms with E-state index in [4.69, 9.17) is 0 Å². The third kappa shape index (κ3) is 3.67. The third-order valence-corrected chi connectivity index (χ3v) is 5.04. The van der Waals surface area contributed by atoms with E-state index in [0.717, 1.165) is 24.4 Å². The summed E-state index contributed by atoms with van der Waals surface area (Å²) in [5.41, 5.74) is 0.890. The Morgan fingerprint density at radius 1 is 1.32 bits per heavy atom. The van der Waals surface area contributed by atoms with Crippen LogP contribution in [0.5, 0.6) is 0 Å². The van der Waals surface area contributed by atoms with E-state index in [1.54, 1.807) is 12.1 Å². The van der Waals surface area contributed by atoms with Crippen LogP contribution in [0.3, 0.4) is 0 Å². The highest BCUT2D eigenvalue weighted by Crippen LogP contribution is 2.30. The van der Waals surface area contributed by atoms with Gasteiger partial charge in [-0.2, -0.15) is 0 Å². The van der Waals surface area contributed by atoms with Crippen molar-refractivity contribution in [1.82, 2.24) is 10.2 Å². The van der Waals surface area contributed by atoms with Gasteiger partial charge >= 0.3 is 0 Å². The molecule has 0 radical (unpaired) electrons. The highest BCUT2D eigenvalue weighted by Gasteiger charge is 2.28. The van der Waals surface area contributed by atoms with Crippen molar-refractivity contribution >= 4 is 5.91 Å². The first kappa shape index (κ1) is 15.5. The molecule has 1 unspecified atom stereocenters. The maximum Gasteiger partial charge on any atom is 0.223 e. The molecule has 0 bridgehead atoms. The Morgan fingerprint density at radius 3 is 2.91 bits per heavy atom. The third-order valence-electron chi connectivity index (χ3n) is 5.04. The lowest BCUT2D eigenvalue weighted by Crippen LogP contribution is -2.48. The van der Waals surface area contributed by atoms with Gasteiger partial charge in [-0.1, -0.05) is 37.8 Å². The molecule has 1 aromatic carbocycles. The van der Waals surface area contributed by atoms with Gasteiger partial charge in [0.25, 0.3) is 0 Å². The van der Waals surface area contributed by atoms with Crippen molar-refractivity contribution in [3.8, 4) is 0 Å². The monoisotopic (exact) mass is 304 g/mol. The van der Waals surface area contributed by atoms with Crippen molar-refractivity contribution in [3.63, 3.8) is 0 Å². The van der Waals surface area contributed by atoms with Gasteiger partial charge in [0.2, 0.25) is 5.91 Å². The van der Waals surface area contributed by atoms with Gasteiger partial charge < -0.3 is 10.2 Å². The second kappa shape index (κ2) is 7.23. The van der Waals surface area contributed by atoms with Gasteiger partial charge in [-0.3, -0.25) is 4.79 Å². The zero-order valence-electron chi connectivity index (χ0n) is 13.1. The summed E-state index contributed by atoms with van der Waals surface area (Å²) in [5.74, 6) is 0.726. The van der Waals surface area contributed by atoms with Crippen LogP contribution < -0.4 is 5.32 Å². The Morgan fingerprint density at radius 2 is 2.14 bits per heavy atom. The summed E-state index contributed by atoms with van der Waals surface area (Å²) in [6.07, 6.45) is 6.84. The van der Waals surface area contributed by atoms with E-state index in [2.05, 4.69) is 5.32 Å². The summed E-state index contributed by atoms with van der Waals surface area (Å²) < 4.78 is 13.5. The zero-order valence-corrected chi connectivity index (χ0v) is 13.1. The standard InChI is InChI=1S/C18H25FN2O/c19-16-7-3-6-15(12-16)17-13-20-10-11-21(17)18(22)9-8-14-4-1-2-5-14/h3,6-7,12,14,17,20H,1-2,4-5,8-11,13H2. The van der Waals surface area contributed by atoms with Crippen LogP contribution in [0.25, 0.3) is 0 Å². The molecule has 22 heavy (non-hydrogen) atoms. The summed E-state index contributed by atoms with van der Waals surface area (Å²) >= 11 is 0. The second-order valence-corrected chi connectivity index (χ2v) is 6.55. The number of carbonyl (C=O) groups excluding carboxylic acids is 1. The zero-order chi connectivity index (χ0) is 15.4. The average molecular weight is 304 g/mol. The molecule has 2 fully saturated rings. The van der Waals surface area contributed by atoms with E-state index in [-0.39, 0.29) is 17.8 Å². The van der Waals surface area contributed by atoms with E-state index < -0.39 is 0 Å². The molecule has 1 amide bonds. The number of nitrogens with zero attached hydrogens (tertiary/aromatic N) is 1. The van der Waals surface area contributed by atoms with Crippen molar-refractivity contribution in [1.29, 1.82) is 0 Å². The first-order valence-corrected chi connectivity index (χ1v) is 8.49. The maximum absolute atomic E-state index is 13.5. The molecule has 0 spiro atoms. The van der Waals surface area contributed by atoms with Crippen LogP contribution in [-0.4, -0.2) is 30.4 Å². The Hall–Kier alpha value is -1.42. The highest BCUT2D eigenvalue weighted by molar-refractivity contribution is 5.77. The Kier molecular flexibility index (Phi) is 5.08. The smallest absolute Gasteiger partial charge is 0.223 e. The van der Waals surface area contributed by atoms with E-state index in [1.807, 2.05) is 11.0 Å². The summed E-state index contributed by atoms with van der Waals surface area (Å²) in [6.45, 7) is 2.24. The molecule has 3 rings (SSSR count). The topological polar surface area (TPSA) is 32.3 Å². The molecule has 1 aromatic rings. The highest BCUT2D eigenvalue weighted by atomic mass is 19.1. The fourth-order valence-corrected chi connectivity index (χ4v) is 3.78. The predicted octanol–water partition coefficient (Wildman–Crippen LogP) is 3.27. The minimum Gasteiger partial charge on any atom is -0.333 e. The van der Waals surface area contributed by atoms with Crippen LogP contribution >= 0.6 is 0 Å². The maximum atomic E-state index is 13.5. The molecule has 120 valence electrons. The Labute approximate surface area is 131 Å². The summed E-state index contributed by atoms with van der Waals surface area (Å²) in [4.78, 5) is 14.6. The van der Waals surface area contributed by atoms with Crippen LogP contribution in [0, 0.1) is 11.7 Å². The van der Waals surface area contributed by atoms with Gasteiger partial charge in [0, 0.05) is 26.1 Å². The molecule has 2 aliphatic rings. The molecule has 1 N–H and O–H groups in total. The lowest BCUT2D eigenvalue weighted by Gasteiger charge is -2.37. The Balaban J connectivity index is 1.65. The van der Waals surface area contributed by atoms with Crippen molar-refractivity contribution in [2.24, 2.45) is 5.92 Å². The normalized spacial score (nSPS) is 23.0. The van der Waals surface area contributed by atoms with E-state index in [9.17, 15) is 9.18 Å². The Bertz CT molecular complexity index is 514. The molecule has 3 nitrogen and oxygen atoms in total. The van der Waals surface area contributed by atoms with Crippen molar-refractivity contribution < 1.29 is 9.18 Å². The van der Waals surface area contributed by atoms with Gasteiger partial charge in [-0.05, 0) is 30.0 Å². The van der Waals surface area contributed by atoms with Crippen molar-refractivity contribution in [3.05, 3.63) is 35.6 Å². The molecular formula is C18H25FN2O. The van der Waals surface area contributed by atoms with Gasteiger partial charge in [0.1, 0.15) is 5.82 Å². The number of carbonyl (C=O) groups is 1. The number of amides is 1. The first-order valence-electron chi connectivity index (χ1n) is 8.49. The molecule has 1 aliphatic carbocycles. The van der Waals surface area contributed by atoms with Gasteiger partial charge in [-0.15, -0.1) is 0 Å². The number of hydrogen-bond donors (Lipinski definition) is 1. The van der Waals surface area contributed by atoms with Gasteiger partial charge in [0.15, 0.2) is 0 Å². The lowest BCUT2D eigenvalue weighted by atomic mass is 9.99. The number of nitrogens with one attached hydrogen (secondary N) is 1. The summed E-state index contributed by atoms with van der Waals surface area (Å²) in [6, 6.07) is 6.60. The number of piperazine rings is 1. The molecule has 1 atom stereocenters. The van der Waals surface area contributed by atoms with Crippen molar-refractivity contribution in [2.75, 3.05) is 19.6 Å². The van der Waals surface area contributed by atoms with Crippen LogP contribution in [0.1, 0.15) is 50.1 Å². The summed E-state index contributed by atoms with van der Waals surface area (Å²) in [7, 11) is 0. The molecule has 1 heterocycles. The molecule has 0 aromatic heterocycles. The predicted molar refractivity (Wildman–Crippen MR) is 84.9 cm³/mol. The van der Waals surface area contributed by atoms with E-state index >= 15 is 0 Å². The van der Waals surface area contributed by atoms with Gasteiger partial charge in [0.05, 0.1) is 6.04 Å².